The van der Waals surface area contributed by atoms with Gasteiger partial charge in [0.2, 0.25) is 0 Å². The molecule has 1 aliphatic heterocycles. The van der Waals surface area contributed by atoms with Crippen molar-refractivity contribution in [3.63, 3.8) is 0 Å². The van der Waals surface area contributed by atoms with E-state index in [4.69, 9.17) is 4.74 Å². The largest absolute Gasteiger partial charge is 0.480 e. The van der Waals surface area contributed by atoms with Gasteiger partial charge in [0.25, 0.3) is 0 Å². The van der Waals surface area contributed by atoms with E-state index in [1.165, 1.54) is 0 Å². The van der Waals surface area contributed by atoms with Crippen molar-refractivity contribution in [1.29, 1.82) is 0 Å². The number of benzene rings is 1. The molecule has 2 atom stereocenters. The molecular formula is C14H19NO3. The average Bonchev–Trinajstić information content (AvgIpc) is 2.40. The van der Waals surface area contributed by atoms with Crippen LogP contribution in [0.25, 0.3) is 0 Å². The molecule has 1 aromatic rings. The Bertz CT molecular complexity index is 393. The molecular weight excluding hydrogens is 230 g/mol. The molecule has 0 amide bonds. The van der Waals surface area contributed by atoms with Crippen molar-refractivity contribution in [3.05, 3.63) is 35.9 Å². The zero-order valence-electron chi connectivity index (χ0n) is 10.6. The van der Waals surface area contributed by atoms with Gasteiger partial charge >= 0.3 is 5.97 Å². The fourth-order valence-corrected chi connectivity index (χ4v) is 2.54. The predicted molar refractivity (Wildman–Crippen MR) is 68.4 cm³/mol. The highest BCUT2D eigenvalue weighted by Gasteiger charge is 2.31. The van der Waals surface area contributed by atoms with E-state index < -0.39 is 12.0 Å². The smallest absolute Gasteiger partial charge is 0.325 e. The maximum absolute atomic E-state index is 11.5. The summed E-state index contributed by atoms with van der Waals surface area (Å²) >= 11 is 0. The Morgan fingerprint density at radius 2 is 2.17 bits per heavy atom. The van der Waals surface area contributed by atoms with Crippen LogP contribution in [-0.2, 0) is 9.53 Å². The molecule has 1 heterocycles. The minimum atomic E-state index is -0.794. The van der Waals surface area contributed by atoms with E-state index in [1.54, 1.807) is 7.11 Å². The predicted octanol–water partition coefficient (Wildman–Crippen LogP) is 1.92. The van der Waals surface area contributed by atoms with Gasteiger partial charge in [-0.15, -0.1) is 0 Å². The summed E-state index contributed by atoms with van der Waals surface area (Å²) in [6.45, 7) is 1.49. The number of piperidine rings is 1. The van der Waals surface area contributed by atoms with Gasteiger partial charge in [-0.25, -0.2) is 0 Å². The summed E-state index contributed by atoms with van der Waals surface area (Å²) in [5.74, 6) is -0.794. The Balaban J connectivity index is 2.18. The first-order valence-corrected chi connectivity index (χ1v) is 6.27. The molecule has 18 heavy (non-hydrogen) atoms. The summed E-state index contributed by atoms with van der Waals surface area (Å²) in [6, 6.07) is 8.83. The van der Waals surface area contributed by atoms with E-state index in [2.05, 4.69) is 0 Å². The Morgan fingerprint density at radius 1 is 1.44 bits per heavy atom. The summed E-state index contributed by atoms with van der Waals surface area (Å²) in [6.07, 6.45) is 2.13. The number of carboxylic acid groups (broad SMARTS) is 1. The van der Waals surface area contributed by atoms with Crippen LogP contribution in [0.15, 0.2) is 30.3 Å². The van der Waals surface area contributed by atoms with Crippen LogP contribution < -0.4 is 0 Å². The molecule has 0 radical (unpaired) electrons. The first-order chi connectivity index (χ1) is 8.72. The Kier molecular flexibility index (Phi) is 4.33. The standard InChI is InChI=1S/C14H19NO3/c1-18-12-8-5-9-15(10-12)13(14(16)17)11-6-3-2-4-7-11/h2-4,6-7,12-13H,5,8-10H2,1H3,(H,16,17). The lowest BCUT2D eigenvalue weighted by atomic mass is 10.0. The second-order valence-electron chi connectivity index (χ2n) is 4.65. The quantitative estimate of drug-likeness (QED) is 0.885. The molecule has 0 aromatic heterocycles. The van der Waals surface area contributed by atoms with E-state index >= 15 is 0 Å². The van der Waals surface area contributed by atoms with Crippen molar-refractivity contribution < 1.29 is 14.6 Å². The van der Waals surface area contributed by atoms with Crippen molar-refractivity contribution in [3.8, 4) is 0 Å². The van der Waals surface area contributed by atoms with Crippen LogP contribution in [0.1, 0.15) is 24.4 Å². The lowest BCUT2D eigenvalue weighted by molar-refractivity contribution is -0.145. The molecule has 0 bridgehead atoms. The number of carboxylic acids is 1. The Labute approximate surface area is 107 Å². The van der Waals surface area contributed by atoms with Gasteiger partial charge in [0, 0.05) is 13.7 Å². The minimum Gasteiger partial charge on any atom is -0.480 e. The van der Waals surface area contributed by atoms with E-state index in [-0.39, 0.29) is 6.10 Å². The zero-order chi connectivity index (χ0) is 13.0. The number of methoxy groups -OCH3 is 1. The normalized spacial score (nSPS) is 22.6. The third-order valence-corrected chi connectivity index (χ3v) is 3.46. The number of ether oxygens (including phenoxy) is 1. The molecule has 0 saturated carbocycles. The molecule has 4 nitrogen and oxygen atoms in total. The van der Waals surface area contributed by atoms with Crippen LogP contribution in [0, 0.1) is 0 Å². The summed E-state index contributed by atoms with van der Waals surface area (Å²) in [5.41, 5.74) is 0.835. The van der Waals surface area contributed by atoms with Gasteiger partial charge in [0.1, 0.15) is 6.04 Å². The summed E-state index contributed by atoms with van der Waals surface area (Å²) in [4.78, 5) is 13.5. The highest BCUT2D eigenvalue weighted by Crippen LogP contribution is 2.25. The molecule has 2 unspecified atom stereocenters. The van der Waals surface area contributed by atoms with Gasteiger partial charge in [-0.2, -0.15) is 0 Å². The monoisotopic (exact) mass is 249 g/mol. The fourth-order valence-electron chi connectivity index (χ4n) is 2.54. The van der Waals surface area contributed by atoms with E-state index in [0.29, 0.717) is 6.54 Å². The SMILES string of the molecule is COC1CCCN(C(C(=O)O)c2ccccc2)C1. The highest BCUT2D eigenvalue weighted by atomic mass is 16.5. The molecule has 4 heteroatoms. The van der Waals surface area contributed by atoms with Crippen LogP contribution in [0.4, 0.5) is 0 Å². The van der Waals surface area contributed by atoms with Crippen LogP contribution in [0.5, 0.6) is 0 Å². The first kappa shape index (κ1) is 13.1. The minimum absolute atomic E-state index is 0.143. The molecule has 1 N–H and O–H groups in total. The molecule has 1 aromatic carbocycles. The van der Waals surface area contributed by atoms with Crippen molar-refractivity contribution in [2.75, 3.05) is 20.2 Å². The van der Waals surface area contributed by atoms with Gasteiger partial charge in [0.05, 0.1) is 6.10 Å². The lowest BCUT2D eigenvalue weighted by Crippen LogP contribution is -2.44. The van der Waals surface area contributed by atoms with Gasteiger partial charge in [-0.3, -0.25) is 9.69 Å². The average molecular weight is 249 g/mol. The molecule has 1 aliphatic rings. The number of hydrogen-bond acceptors (Lipinski definition) is 3. The van der Waals surface area contributed by atoms with Crippen LogP contribution in [0.3, 0.4) is 0 Å². The van der Waals surface area contributed by atoms with E-state index in [9.17, 15) is 9.90 Å². The number of carbonyl (C=O) groups is 1. The number of rotatable bonds is 4. The van der Waals surface area contributed by atoms with Crippen molar-refractivity contribution in [2.24, 2.45) is 0 Å². The third kappa shape index (κ3) is 2.89. The topological polar surface area (TPSA) is 49.8 Å². The number of hydrogen-bond donors (Lipinski definition) is 1. The van der Waals surface area contributed by atoms with E-state index in [0.717, 1.165) is 24.9 Å². The van der Waals surface area contributed by atoms with Gasteiger partial charge in [-0.05, 0) is 24.9 Å². The van der Waals surface area contributed by atoms with Crippen LogP contribution in [-0.4, -0.2) is 42.3 Å². The fraction of sp³-hybridized carbons (Fsp3) is 0.500. The number of nitrogens with zero attached hydrogens (tertiary/aromatic N) is 1. The van der Waals surface area contributed by atoms with Gasteiger partial charge < -0.3 is 9.84 Å². The summed E-state index contributed by atoms with van der Waals surface area (Å²) in [7, 11) is 1.69. The molecule has 1 saturated heterocycles. The van der Waals surface area contributed by atoms with Crippen molar-refractivity contribution >= 4 is 5.97 Å². The third-order valence-electron chi connectivity index (χ3n) is 3.46. The number of likely N-dealkylation sites (tertiary alicyclic amines) is 1. The molecule has 2 rings (SSSR count). The summed E-state index contributed by atoms with van der Waals surface area (Å²) < 4.78 is 5.35. The second-order valence-corrected chi connectivity index (χ2v) is 4.65. The van der Waals surface area contributed by atoms with E-state index in [1.807, 2.05) is 35.2 Å². The first-order valence-electron chi connectivity index (χ1n) is 6.27. The van der Waals surface area contributed by atoms with Gasteiger partial charge in [0.15, 0.2) is 0 Å². The van der Waals surface area contributed by atoms with Crippen LogP contribution >= 0.6 is 0 Å². The zero-order valence-corrected chi connectivity index (χ0v) is 10.6. The lowest BCUT2D eigenvalue weighted by Gasteiger charge is -2.35. The number of aliphatic carboxylic acids is 1. The maximum atomic E-state index is 11.5. The second kappa shape index (κ2) is 5.98. The Hall–Kier alpha value is -1.39. The highest BCUT2D eigenvalue weighted by molar-refractivity contribution is 5.75. The van der Waals surface area contributed by atoms with Gasteiger partial charge in [-0.1, -0.05) is 30.3 Å². The van der Waals surface area contributed by atoms with Crippen LogP contribution in [0.2, 0.25) is 0 Å². The van der Waals surface area contributed by atoms with Crippen molar-refractivity contribution in [2.45, 2.75) is 25.0 Å². The summed E-state index contributed by atoms with van der Waals surface area (Å²) in [5, 5.41) is 9.46. The molecule has 1 fully saturated rings. The molecule has 0 spiro atoms. The molecule has 98 valence electrons. The van der Waals surface area contributed by atoms with Crippen molar-refractivity contribution in [1.82, 2.24) is 4.90 Å². The maximum Gasteiger partial charge on any atom is 0.325 e. The Morgan fingerprint density at radius 3 is 2.78 bits per heavy atom. The molecule has 0 aliphatic carbocycles.